The first-order chi connectivity index (χ1) is 28.8. The lowest BCUT2D eigenvalue weighted by molar-refractivity contribution is 0.996. The van der Waals surface area contributed by atoms with E-state index < -0.39 is 0 Å². The molecule has 0 aliphatic rings. The molecule has 0 amide bonds. The normalized spacial score (nSPS) is 11.8. The SMILES string of the molecule is c1ccc(-c2cccc(-c3cc(-c4cccc(-c5ccccc5)c4)nc(-n4c5ccccc5c5c4ccc4cc6c7ccccc7c7ccccc7n6c45)n3)c2)cc1. The molecule has 0 aliphatic carbocycles. The van der Waals surface area contributed by atoms with Crippen LogP contribution in [0.5, 0.6) is 0 Å². The number of rotatable bonds is 5. The van der Waals surface area contributed by atoms with Gasteiger partial charge in [0.05, 0.1) is 39.0 Å². The minimum Gasteiger partial charge on any atom is -0.308 e. The van der Waals surface area contributed by atoms with E-state index in [2.05, 4.69) is 215 Å². The lowest BCUT2D eigenvalue weighted by Gasteiger charge is -2.13. The van der Waals surface area contributed by atoms with Crippen molar-refractivity contribution >= 4 is 59.9 Å². The summed E-state index contributed by atoms with van der Waals surface area (Å²) in [4.78, 5) is 10.9. The van der Waals surface area contributed by atoms with Gasteiger partial charge in [-0.05, 0) is 70.1 Å². The van der Waals surface area contributed by atoms with Crippen molar-refractivity contribution < 1.29 is 0 Å². The predicted molar refractivity (Wildman–Crippen MR) is 242 cm³/mol. The quantitative estimate of drug-likeness (QED) is 0.165. The van der Waals surface area contributed by atoms with E-state index >= 15 is 0 Å². The summed E-state index contributed by atoms with van der Waals surface area (Å²) in [6, 6.07) is 73.7. The summed E-state index contributed by atoms with van der Waals surface area (Å²) < 4.78 is 4.74. The molecule has 58 heavy (non-hydrogen) atoms. The van der Waals surface area contributed by atoms with Crippen molar-refractivity contribution in [1.29, 1.82) is 0 Å². The van der Waals surface area contributed by atoms with E-state index in [1.807, 2.05) is 0 Å². The molecule has 270 valence electrons. The first-order valence-electron chi connectivity index (χ1n) is 19.7. The maximum atomic E-state index is 5.45. The number of fused-ring (bicyclic) bond motifs is 12. The van der Waals surface area contributed by atoms with Crippen LogP contribution < -0.4 is 0 Å². The van der Waals surface area contributed by atoms with Crippen molar-refractivity contribution in [2.24, 2.45) is 0 Å². The number of pyridine rings is 1. The van der Waals surface area contributed by atoms with Crippen molar-refractivity contribution in [2.45, 2.75) is 0 Å². The second kappa shape index (κ2) is 12.9. The molecule has 4 heterocycles. The Balaban J connectivity index is 1.16. The second-order valence-electron chi connectivity index (χ2n) is 15.0. The van der Waals surface area contributed by atoms with E-state index in [0.29, 0.717) is 5.95 Å². The molecule has 0 aliphatic heterocycles. The van der Waals surface area contributed by atoms with Gasteiger partial charge >= 0.3 is 0 Å². The summed E-state index contributed by atoms with van der Waals surface area (Å²) in [5.41, 5.74) is 14.1. The van der Waals surface area contributed by atoms with E-state index in [1.165, 1.54) is 54.6 Å². The molecule has 0 radical (unpaired) electrons. The lowest BCUT2D eigenvalue weighted by atomic mass is 9.99. The Hall–Kier alpha value is -7.82. The van der Waals surface area contributed by atoms with Gasteiger partial charge in [0.2, 0.25) is 5.95 Å². The highest BCUT2D eigenvalue weighted by atomic mass is 15.2. The first kappa shape index (κ1) is 32.4. The van der Waals surface area contributed by atoms with Crippen LogP contribution in [0.4, 0.5) is 0 Å². The van der Waals surface area contributed by atoms with Gasteiger partial charge in [0, 0.05) is 38.1 Å². The Morgan fingerprint density at radius 3 is 1.45 bits per heavy atom. The van der Waals surface area contributed by atoms with Crippen LogP contribution in [-0.4, -0.2) is 18.9 Å². The fraction of sp³-hybridized carbons (Fsp3) is 0. The number of hydrogen-bond donors (Lipinski definition) is 0. The van der Waals surface area contributed by atoms with Crippen LogP contribution in [0.1, 0.15) is 0 Å². The van der Waals surface area contributed by atoms with Crippen molar-refractivity contribution in [3.05, 3.63) is 206 Å². The third kappa shape index (κ3) is 5.02. The highest BCUT2D eigenvalue weighted by Gasteiger charge is 2.22. The Morgan fingerprint density at radius 2 is 0.810 bits per heavy atom. The maximum absolute atomic E-state index is 5.45. The topological polar surface area (TPSA) is 35.1 Å². The third-order valence-electron chi connectivity index (χ3n) is 11.7. The van der Waals surface area contributed by atoms with Crippen LogP contribution in [-0.2, 0) is 0 Å². The molecule has 0 N–H and O–H groups in total. The first-order valence-corrected chi connectivity index (χ1v) is 19.7. The van der Waals surface area contributed by atoms with Crippen molar-refractivity contribution in [3.8, 4) is 50.7 Å². The zero-order valence-electron chi connectivity index (χ0n) is 31.4. The second-order valence-corrected chi connectivity index (χ2v) is 15.0. The van der Waals surface area contributed by atoms with E-state index in [4.69, 9.17) is 9.97 Å². The average Bonchev–Trinajstić information content (AvgIpc) is 3.86. The van der Waals surface area contributed by atoms with Crippen molar-refractivity contribution in [1.82, 2.24) is 18.9 Å². The summed E-state index contributed by atoms with van der Waals surface area (Å²) in [5.74, 6) is 0.629. The van der Waals surface area contributed by atoms with Gasteiger partial charge in [0.15, 0.2) is 0 Å². The van der Waals surface area contributed by atoms with E-state index in [1.54, 1.807) is 0 Å². The molecule has 0 atom stereocenters. The van der Waals surface area contributed by atoms with Gasteiger partial charge in [-0.1, -0.05) is 164 Å². The standard InChI is InChI=1S/C54H34N4/c1-3-15-35(16-4-1)37-19-13-21-39(31-37)46-34-47(40-22-14-20-38(32-40)36-17-5-2-6-18-36)56-54(55-46)58-49-28-12-10-26-45(49)52-50(58)30-29-41-33-51-44-25-8-7-23-42(44)43-24-9-11-27-48(43)57(51)53(41)52/h1-34H. The summed E-state index contributed by atoms with van der Waals surface area (Å²) >= 11 is 0. The van der Waals surface area contributed by atoms with Crippen molar-refractivity contribution in [3.63, 3.8) is 0 Å². The zero-order chi connectivity index (χ0) is 38.2. The molecule has 12 aromatic rings. The highest BCUT2D eigenvalue weighted by Crippen LogP contribution is 2.41. The molecule has 0 bridgehead atoms. The van der Waals surface area contributed by atoms with Gasteiger partial charge in [-0.25, -0.2) is 9.97 Å². The Morgan fingerprint density at radius 1 is 0.310 bits per heavy atom. The molecule has 0 spiro atoms. The van der Waals surface area contributed by atoms with Crippen LogP contribution in [0.25, 0.3) is 111 Å². The molecule has 0 saturated carbocycles. The maximum Gasteiger partial charge on any atom is 0.235 e. The van der Waals surface area contributed by atoms with E-state index in [9.17, 15) is 0 Å². The lowest BCUT2D eigenvalue weighted by Crippen LogP contribution is -2.04. The van der Waals surface area contributed by atoms with Gasteiger partial charge in [0.25, 0.3) is 0 Å². The number of nitrogens with zero attached hydrogens (tertiary/aromatic N) is 4. The van der Waals surface area contributed by atoms with Crippen LogP contribution >= 0.6 is 0 Å². The minimum absolute atomic E-state index is 0.629. The molecular weight excluding hydrogens is 705 g/mol. The number of hydrogen-bond acceptors (Lipinski definition) is 2. The predicted octanol–water partition coefficient (Wildman–Crippen LogP) is 14.0. The van der Waals surface area contributed by atoms with Crippen LogP contribution in [0.2, 0.25) is 0 Å². The molecule has 0 saturated heterocycles. The monoisotopic (exact) mass is 738 g/mol. The van der Waals surface area contributed by atoms with E-state index in [-0.39, 0.29) is 0 Å². The fourth-order valence-electron chi connectivity index (χ4n) is 9.06. The highest BCUT2D eigenvalue weighted by molar-refractivity contribution is 6.24. The largest absolute Gasteiger partial charge is 0.308 e. The number of aromatic nitrogens is 4. The molecular formula is C54H34N4. The molecule has 0 fully saturated rings. The Labute approximate surface area is 334 Å². The minimum atomic E-state index is 0.629. The van der Waals surface area contributed by atoms with Gasteiger partial charge in [0.1, 0.15) is 0 Å². The molecule has 0 unspecified atom stereocenters. The average molecular weight is 739 g/mol. The molecule has 4 heteroatoms. The fourth-order valence-corrected chi connectivity index (χ4v) is 9.06. The zero-order valence-corrected chi connectivity index (χ0v) is 31.4. The summed E-state index contributed by atoms with van der Waals surface area (Å²) in [6.45, 7) is 0. The Kier molecular flexibility index (Phi) is 7.20. The molecule has 4 nitrogen and oxygen atoms in total. The van der Waals surface area contributed by atoms with Gasteiger partial charge < -0.3 is 4.40 Å². The van der Waals surface area contributed by atoms with Crippen LogP contribution in [0.15, 0.2) is 206 Å². The van der Waals surface area contributed by atoms with Crippen LogP contribution in [0.3, 0.4) is 0 Å². The summed E-state index contributed by atoms with van der Waals surface area (Å²) in [7, 11) is 0. The van der Waals surface area contributed by atoms with E-state index in [0.717, 1.165) is 50.1 Å². The van der Waals surface area contributed by atoms with Gasteiger partial charge in [-0.15, -0.1) is 0 Å². The van der Waals surface area contributed by atoms with Gasteiger partial charge in [-0.2, -0.15) is 0 Å². The van der Waals surface area contributed by atoms with Crippen molar-refractivity contribution in [2.75, 3.05) is 0 Å². The summed E-state index contributed by atoms with van der Waals surface area (Å²) in [6.07, 6.45) is 0. The molecule has 8 aromatic carbocycles. The van der Waals surface area contributed by atoms with Gasteiger partial charge in [-0.3, -0.25) is 4.57 Å². The summed E-state index contributed by atoms with van der Waals surface area (Å²) in [5, 5.41) is 7.28. The molecule has 4 aromatic heterocycles. The number of para-hydroxylation sites is 2. The third-order valence-corrected chi connectivity index (χ3v) is 11.7. The van der Waals surface area contributed by atoms with Crippen LogP contribution in [0, 0.1) is 0 Å². The molecule has 12 rings (SSSR count). The smallest absolute Gasteiger partial charge is 0.235 e. The Bertz CT molecular complexity index is 3460. The number of benzene rings is 8.